The van der Waals surface area contributed by atoms with Gasteiger partial charge in [-0.05, 0) is 43.9 Å². The zero-order chi connectivity index (χ0) is 13.9. The van der Waals surface area contributed by atoms with Crippen molar-refractivity contribution < 1.29 is 4.79 Å². The van der Waals surface area contributed by atoms with E-state index in [-0.39, 0.29) is 17.4 Å². The number of benzene rings is 1. The highest BCUT2D eigenvalue weighted by atomic mass is 79.9. The van der Waals surface area contributed by atoms with Crippen LogP contribution in [0, 0.1) is 0 Å². The van der Waals surface area contributed by atoms with Crippen LogP contribution in [-0.4, -0.2) is 18.5 Å². The van der Waals surface area contributed by atoms with Gasteiger partial charge in [-0.1, -0.05) is 34.5 Å². The summed E-state index contributed by atoms with van der Waals surface area (Å²) in [6, 6.07) is 8.24. The second-order valence-corrected chi connectivity index (χ2v) is 6.38. The first kappa shape index (κ1) is 14.5. The van der Waals surface area contributed by atoms with Gasteiger partial charge in [-0.25, -0.2) is 0 Å². The number of hydrogen-bond donors (Lipinski definition) is 2. The molecule has 2 rings (SSSR count). The molecule has 3 N–H and O–H groups in total. The van der Waals surface area contributed by atoms with Crippen LogP contribution in [0.25, 0.3) is 0 Å². The molecule has 1 fully saturated rings. The maximum Gasteiger partial charge on any atom is 0.230 e. The number of hydrogen-bond acceptors (Lipinski definition) is 2. The molecule has 1 atom stereocenters. The van der Waals surface area contributed by atoms with Crippen molar-refractivity contribution in [3.05, 3.63) is 34.3 Å². The molecular formula is C15H21BrN2O. The number of carbonyl (C=O) groups is 1. The molecular weight excluding hydrogens is 304 g/mol. The van der Waals surface area contributed by atoms with Gasteiger partial charge in [-0.15, -0.1) is 0 Å². The van der Waals surface area contributed by atoms with Gasteiger partial charge in [0.25, 0.3) is 0 Å². The molecule has 1 unspecified atom stereocenters. The minimum atomic E-state index is -0.307. The van der Waals surface area contributed by atoms with E-state index in [2.05, 4.69) is 21.2 Å². The minimum Gasteiger partial charge on any atom is -0.355 e. The molecule has 3 nitrogen and oxygen atoms in total. The van der Waals surface area contributed by atoms with Crippen LogP contribution < -0.4 is 11.1 Å². The van der Waals surface area contributed by atoms with Crippen LogP contribution in [0.1, 0.15) is 38.2 Å². The molecule has 0 aliphatic heterocycles. The molecule has 19 heavy (non-hydrogen) atoms. The van der Waals surface area contributed by atoms with Crippen LogP contribution in [0.3, 0.4) is 0 Å². The van der Waals surface area contributed by atoms with E-state index in [1.165, 1.54) is 0 Å². The Hall–Kier alpha value is -0.870. The summed E-state index contributed by atoms with van der Waals surface area (Å²) in [5, 5.41) is 3.04. The van der Waals surface area contributed by atoms with Crippen LogP contribution in [0.2, 0.25) is 0 Å². The van der Waals surface area contributed by atoms with E-state index in [1.54, 1.807) is 0 Å². The van der Waals surface area contributed by atoms with Crippen molar-refractivity contribution in [1.29, 1.82) is 0 Å². The van der Waals surface area contributed by atoms with Crippen LogP contribution in [0.4, 0.5) is 0 Å². The van der Waals surface area contributed by atoms with Crippen LogP contribution in [0.5, 0.6) is 0 Å². The lowest BCUT2D eigenvalue weighted by atomic mass is 9.64. The molecule has 4 heteroatoms. The quantitative estimate of drug-likeness (QED) is 0.875. The smallest absolute Gasteiger partial charge is 0.230 e. The second-order valence-electron chi connectivity index (χ2n) is 5.46. The van der Waals surface area contributed by atoms with Crippen molar-refractivity contribution in [3.63, 3.8) is 0 Å². The first-order chi connectivity index (χ1) is 9.04. The van der Waals surface area contributed by atoms with E-state index in [1.807, 2.05) is 31.2 Å². The van der Waals surface area contributed by atoms with E-state index in [4.69, 9.17) is 5.73 Å². The molecule has 1 amide bonds. The van der Waals surface area contributed by atoms with Gasteiger partial charge < -0.3 is 11.1 Å². The van der Waals surface area contributed by atoms with Gasteiger partial charge in [0.05, 0.1) is 5.41 Å². The van der Waals surface area contributed by atoms with Gasteiger partial charge in [0, 0.05) is 17.1 Å². The Morgan fingerprint density at radius 1 is 1.42 bits per heavy atom. The van der Waals surface area contributed by atoms with Crippen molar-refractivity contribution in [2.24, 2.45) is 5.73 Å². The zero-order valence-electron chi connectivity index (χ0n) is 11.3. The molecule has 1 aliphatic carbocycles. The van der Waals surface area contributed by atoms with Gasteiger partial charge in [-0.3, -0.25) is 4.79 Å². The van der Waals surface area contributed by atoms with E-state index in [0.29, 0.717) is 6.54 Å². The largest absolute Gasteiger partial charge is 0.355 e. The van der Waals surface area contributed by atoms with Crippen molar-refractivity contribution in [3.8, 4) is 0 Å². The van der Waals surface area contributed by atoms with Crippen LogP contribution >= 0.6 is 15.9 Å². The van der Waals surface area contributed by atoms with Crippen molar-refractivity contribution in [2.45, 2.75) is 44.1 Å². The minimum absolute atomic E-state index is 0.130. The lowest BCUT2D eigenvalue weighted by Gasteiger charge is -2.40. The third-order valence-corrected chi connectivity index (χ3v) is 4.45. The van der Waals surface area contributed by atoms with E-state index < -0.39 is 0 Å². The molecule has 1 saturated carbocycles. The molecule has 0 saturated heterocycles. The van der Waals surface area contributed by atoms with Crippen molar-refractivity contribution in [1.82, 2.24) is 5.32 Å². The molecule has 104 valence electrons. The summed E-state index contributed by atoms with van der Waals surface area (Å²) in [5.74, 6) is 0.154. The number of carbonyl (C=O) groups excluding carboxylic acids is 1. The number of amides is 1. The Morgan fingerprint density at radius 2 is 2.05 bits per heavy atom. The fraction of sp³-hybridized carbons (Fsp3) is 0.533. The Bertz CT molecular complexity index is 438. The fourth-order valence-electron chi connectivity index (χ4n) is 2.53. The SMILES string of the molecule is CC(N)CCNC(=O)C1(c2ccc(Br)cc2)CCC1. The Balaban J connectivity index is 2.05. The Kier molecular flexibility index (Phi) is 4.63. The number of halogens is 1. The Labute approximate surface area is 123 Å². The predicted molar refractivity (Wildman–Crippen MR) is 80.9 cm³/mol. The molecule has 1 aliphatic rings. The number of nitrogens with one attached hydrogen (secondary N) is 1. The molecule has 1 aromatic carbocycles. The molecule has 1 aromatic rings. The maximum absolute atomic E-state index is 12.5. The summed E-state index contributed by atoms with van der Waals surface area (Å²) in [6.45, 7) is 2.62. The molecule has 0 aromatic heterocycles. The van der Waals surface area contributed by atoms with E-state index >= 15 is 0 Å². The van der Waals surface area contributed by atoms with Crippen molar-refractivity contribution in [2.75, 3.05) is 6.54 Å². The second kappa shape index (κ2) is 6.06. The number of nitrogens with two attached hydrogens (primary N) is 1. The summed E-state index contributed by atoms with van der Waals surface area (Å²) >= 11 is 3.43. The first-order valence-electron chi connectivity index (χ1n) is 6.84. The summed E-state index contributed by atoms with van der Waals surface area (Å²) in [4.78, 5) is 12.5. The molecule has 0 radical (unpaired) electrons. The number of rotatable bonds is 5. The van der Waals surface area contributed by atoms with Gasteiger partial charge in [0.15, 0.2) is 0 Å². The maximum atomic E-state index is 12.5. The molecule has 0 bridgehead atoms. The monoisotopic (exact) mass is 324 g/mol. The highest BCUT2D eigenvalue weighted by molar-refractivity contribution is 9.10. The van der Waals surface area contributed by atoms with Crippen LogP contribution in [-0.2, 0) is 10.2 Å². The lowest BCUT2D eigenvalue weighted by molar-refractivity contribution is -0.129. The molecule has 0 spiro atoms. The van der Waals surface area contributed by atoms with Gasteiger partial charge >= 0.3 is 0 Å². The molecule has 0 heterocycles. The summed E-state index contributed by atoms with van der Waals surface area (Å²) < 4.78 is 1.04. The third kappa shape index (κ3) is 3.18. The zero-order valence-corrected chi connectivity index (χ0v) is 12.9. The highest BCUT2D eigenvalue weighted by Gasteiger charge is 2.45. The third-order valence-electron chi connectivity index (χ3n) is 3.92. The van der Waals surface area contributed by atoms with E-state index in [0.717, 1.165) is 35.7 Å². The lowest BCUT2D eigenvalue weighted by Crippen LogP contribution is -2.49. The summed E-state index contributed by atoms with van der Waals surface area (Å²) in [7, 11) is 0. The first-order valence-corrected chi connectivity index (χ1v) is 7.64. The van der Waals surface area contributed by atoms with Gasteiger partial charge in [0.1, 0.15) is 0 Å². The van der Waals surface area contributed by atoms with E-state index in [9.17, 15) is 4.79 Å². The standard InChI is InChI=1S/C15H21BrN2O/c1-11(17)7-10-18-14(19)15(8-2-9-15)12-3-5-13(16)6-4-12/h3-6,11H,2,7-10,17H2,1H3,(H,18,19). The van der Waals surface area contributed by atoms with Crippen LogP contribution in [0.15, 0.2) is 28.7 Å². The van der Waals surface area contributed by atoms with Crippen molar-refractivity contribution >= 4 is 21.8 Å². The normalized spacial score (nSPS) is 18.5. The average Bonchev–Trinajstić information content (AvgIpc) is 2.29. The Morgan fingerprint density at radius 3 is 2.53 bits per heavy atom. The summed E-state index contributed by atoms with van der Waals surface area (Å²) in [5.41, 5.74) is 6.52. The average molecular weight is 325 g/mol. The predicted octanol–water partition coefficient (Wildman–Crippen LogP) is 2.72. The topological polar surface area (TPSA) is 55.1 Å². The highest BCUT2D eigenvalue weighted by Crippen LogP contribution is 2.44. The van der Waals surface area contributed by atoms with Gasteiger partial charge in [-0.2, -0.15) is 0 Å². The van der Waals surface area contributed by atoms with Gasteiger partial charge in [0.2, 0.25) is 5.91 Å². The fourth-order valence-corrected chi connectivity index (χ4v) is 2.79. The summed E-state index contributed by atoms with van der Waals surface area (Å²) in [6.07, 6.45) is 3.83.